The van der Waals surface area contributed by atoms with E-state index < -0.39 is 47.0 Å². The van der Waals surface area contributed by atoms with Crippen LogP contribution in [-0.2, 0) is 24.7 Å². The van der Waals surface area contributed by atoms with E-state index in [9.17, 15) is 57.9 Å². The minimum absolute atomic E-state index is 0.0443. The number of para-hydroxylation sites is 2. The van der Waals surface area contributed by atoms with E-state index in [2.05, 4.69) is 10.9 Å². The van der Waals surface area contributed by atoms with Gasteiger partial charge in [-0.1, -0.05) is 78.9 Å². The fourth-order valence-corrected chi connectivity index (χ4v) is 10.2. The summed E-state index contributed by atoms with van der Waals surface area (Å²) in [5, 5.41) is 12.8. The number of benzene rings is 9. The molecule has 2 heterocycles. The van der Waals surface area contributed by atoms with Gasteiger partial charge in [-0.15, -0.1) is 0 Å². The van der Waals surface area contributed by atoms with Crippen LogP contribution in [0.2, 0.25) is 0 Å². The first-order chi connectivity index (χ1) is 36.5. The number of nitrogens with zero attached hydrogens (tertiary/aromatic N) is 4. The molecule has 9 aromatic carbocycles. The minimum atomic E-state index is -5.10. The number of nitriles is 1. The molecule has 0 atom stereocenters. The van der Waals surface area contributed by atoms with Gasteiger partial charge in [0.1, 0.15) is 0 Å². The highest BCUT2D eigenvalue weighted by Gasteiger charge is 2.38. The first-order valence-electron chi connectivity index (χ1n) is 23.3. The Hall–Kier alpha value is -9.28. The summed E-state index contributed by atoms with van der Waals surface area (Å²) in [6.45, 7) is 9.53. The first-order valence-corrected chi connectivity index (χ1v) is 23.3. The highest BCUT2D eigenvalue weighted by atomic mass is 19.4. The Kier molecular flexibility index (Phi) is 11.6. The summed E-state index contributed by atoms with van der Waals surface area (Å²) >= 11 is 0. The SMILES string of the molecule is [C-]#[N+]c1cc(C(F)(F)F)ccc1-c1ccc(-n2c3ccccc3c3cc(-c4cc(C)cc(C(F)(F)F)c4)ccc32)c(-c2ccc(C#N)cc2-n2c3ccccc3c3cc(-c4cc(C(F)(F)F)cc(C(F)(F)F)c4)ccc32)c1. The summed E-state index contributed by atoms with van der Waals surface area (Å²) < 4.78 is 173. The molecule has 0 spiro atoms. The van der Waals surface area contributed by atoms with Crippen LogP contribution in [0.4, 0.5) is 58.4 Å². The number of hydrogen-bond donors (Lipinski definition) is 0. The summed E-state index contributed by atoms with van der Waals surface area (Å²) in [5.41, 5.74) is 0.353. The van der Waals surface area contributed by atoms with Crippen molar-refractivity contribution in [3.63, 3.8) is 0 Å². The second-order valence-electron chi connectivity index (χ2n) is 18.5. The van der Waals surface area contributed by atoms with Gasteiger partial charge >= 0.3 is 24.7 Å². The molecule has 2 aromatic heterocycles. The molecule has 0 unspecified atom stereocenters. The Bertz CT molecular complexity index is 4290. The van der Waals surface area contributed by atoms with Crippen molar-refractivity contribution in [1.82, 2.24) is 9.13 Å². The first kappa shape index (κ1) is 49.9. The standard InChI is InChI=1S/C61H32F12N4/c1-33-21-38(24-41(22-33)59(65,66)67)35-12-18-54-48(27-35)45-7-3-5-9-52(45)76(54)55-20-14-37(44-17-15-40(58(62,63)64)31-51(44)75-2)29-50(55)47-16-11-34(32-74)23-57(47)77-53-10-6-4-8-46(53)49-28-36(13-19-56(49)77)39-25-42(60(68,69)70)30-43(26-39)61(71,72)73/h3-31H,1H3. The van der Waals surface area contributed by atoms with Crippen LogP contribution in [-0.4, -0.2) is 9.13 Å². The predicted molar refractivity (Wildman–Crippen MR) is 273 cm³/mol. The third-order valence-electron chi connectivity index (χ3n) is 13.7. The molecule has 11 rings (SSSR count). The topological polar surface area (TPSA) is 38.0 Å². The van der Waals surface area contributed by atoms with Gasteiger partial charge in [-0.05, 0) is 143 Å². The van der Waals surface area contributed by atoms with E-state index in [0.717, 1.165) is 24.3 Å². The average molecular weight is 1050 g/mol. The van der Waals surface area contributed by atoms with Crippen LogP contribution in [0.3, 0.4) is 0 Å². The van der Waals surface area contributed by atoms with Crippen LogP contribution < -0.4 is 0 Å². The fraction of sp³-hybridized carbons (Fsp3) is 0.0820. The summed E-state index contributed by atoms with van der Waals surface area (Å²) in [4.78, 5) is 3.48. The van der Waals surface area contributed by atoms with Crippen molar-refractivity contribution in [2.75, 3.05) is 0 Å². The van der Waals surface area contributed by atoms with E-state index in [1.807, 2.05) is 22.8 Å². The lowest BCUT2D eigenvalue weighted by molar-refractivity contribution is -0.143. The largest absolute Gasteiger partial charge is 0.416 e. The maximum atomic E-state index is 14.1. The zero-order valence-corrected chi connectivity index (χ0v) is 39.6. The highest BCUT2D eigenvalue weighted by molar-refractivity contribution is 6.13. The second kappa shape index (κ2) is 17.9. The molecule has 0 aliphatic heterocycles. The Morgan fingerprint density at radius 1 is 0.390 bits per heavy atom. The van der Waals surface area contributed by atoms with Gasteiger partial charge in [0.15, 0.2) is 5.69 Å². The Labute approximate surface area is 429 Å². The van der Waals surface area contributed by atoms with E-state index in [0.29, 0.717) is 100 Å². The van der Waals surface area contributed by atoms with Crippen molar-refractivity contribution >= 4 is 49.3 Å². The molecule has 4 nitrogen and oxygen atoms in total. The van der Waals surface area contributed by atoms with Crippen molar-refractivity contribution in [1.29, 1.82) is 5.26 Å². The van der Waals surface area contributed by atoms with Gasteiger partial charge in [0.2, 0.25) is 0 Å². The van der Waals surface area contributed by atoms with Crippen molar-refractivity contribution in [3.05, 3.63) is 221 Å². The van der Waals surface area contributed by atoms with Crippen LogP contribution >= 0.6 is 0 Å². The lowest BCUT2D eigenvalue weighted by Gasteiger charge is -2.20. The summed E-state index contributed by atoms with van der Waals surface area (Å²) in [6, 6.07) is 44.1. The van der Waals surface area contributed by atoms with E-state index in [1.54, 1.807) is 109 Å². The smallest absolute Gasteiger partial charge is 0.309 e. The highest BCUT2D eigenvalue weighted by Crippen LogP contribution is 2.47. The Morgan fingerprint density at radius 3 is 1.40 bits per heavy atom. The second-order valence-corrected chi connectivity index (χ2v) is 18.5. The van der Waals surface area contributed by atoms with Crippen LogP contribution in [0.5, 0.6) is 0 Å². The summed E-state index contributed by atoms with van der Waals surface area (Å²) in [5.74, 6) is 0. The zero-order valence-electron chi connectivity index (χ0n) is 39.6. The summed E-state index contributed by atoms with van der Waals surface area (Å²) in [7, 11) is 0. The van der Waals surface area contributed by atoms with Gasteiger partial charge in [-0.25, -0.2) is 4.85 Å². The van der Waals surface area contributed by atoms with E-state index in [-0.39, 0.29) is 34.0 Å². The lowest BCUT2D eigenvalue weighted by atomic mass is 9.93. The number of hydrogen-bond acceptors (Lipinski definition) is 1. The minimum Gasteiger partial charge on any atom is -0.309 e. The van der Waals surface area contributed by atoms with Crippen LogP contribution in [0.1, 0.15) is 33.4 Å². The third-order valence-corrected chi connectivity index (χ3v) is 13.7. The molecular formula is C61H32F12N4. The molecule has 0 N–H and O–H groups in total. The van der Waals surface area contributed by atoms with Crippen molar-refractivity contribution < 1.29 is 52.7 Å². The normalized spacial score (nSPS) is 12.5. The zero-order chi connectivity index (χ0) is 54.5. The maximum Gasteiger partial charge on any atom is 0.416 e. The van der Waals surface area contributed by atoms with E-state index >= 15 is 0 Å². The molecule has 0 fully saturated rings. The molecule has 11 aromatic rings. The fourth-order valence-electron chi connectivity index (χ4n) is 10.2. The van der Waals surface area contributed by atoms with Gasteiger partial charge in [0.25, 0.3) is 0 Å². The van der Waals surface area contributed by atoms with Crippen molar-refractivity contribution in [3.8, 4) is 62.0 Å². The van der Waals surface area contributed by atoms with Crippen LogP contribution in [0.25, 0.3) is 104 Å². The molecule has 0 bridgehead atoms. The lowest BCUT2D eigenvalue weighted by Crippen LogP contribution is -2.11. The monoisotopic (exact) mass is 1050 g/mol. The third kappa shape index (κ3) is 8.85. The van der Waals surface area contributed by atoms with Gasteiger partial charge in [0.05, 0.1) is 68.3 Å². The predicted octanol–water partition coefficient (Wildman–Crippen LogP) is 19.4. The number of halogens is 12. The molecule has 0 saturated heterocycles. The number of alkyl halides is 12. The number of rotatable bonds is 6. The molecule has 0 radical (unpaired) electrons. The van der Waals surface area contributed by atoms with Crippen LogP contribution in [0, 0.1) is 24.8 Å². The molecular weight excluding hydrogens is 1020 g/mol. The Morgan fingerprint density at radius 2 is 0.870 bits per heavy atom. The number of aryl methyl sites for hydroxylation is 1. The van der Waals surface area contributed by atoms with Gasteiger partial charge in [0, 0.05) is 38.2 Å². The van der Waals surface area contributed by atoms with Gasteiger partial charge in [-0.3, -0.25) is 0 Å². The van der Waals surface area contributed by atoms with E-state index in [4.69, 9.17) is 6.57 Å². The van der Waals surface area contributed by atoms with Crippen molar-refractivity contribution in [2.45, 2.75) is 31.6 Å². The molecule has 0 aliphatic carbocycles. The number of fused-ring (bicyclic) bond motifs is 6. The molecule has 77 heavy (non-hydrogen) atoms. The van der Waals surface area contributed by atoms with Crippen LogP contribution in [0.15, 0.2) is 176 Å². The molecule has 380 valence electrons. The Balaban J connectivity index is 1.19. The molecule has 16 heteroatoms. The van der Waals surface area contributed by atoms with Gasteiger partial charge < -0.3 is 9.13 Å². The molecule has 0 amide bonds. The quantitative estimate of drug-likeness (QED) is 0.121. The van der Waals surface area contributed by atoms with Gasteiger partial charge in [-0.2, -0.15) is 57.9 Å². The number of aromatic nitrogens is 2. The molecule has 0 aliphatic rings. The van der Waals surface area contributed by atoms with Crippen molar-refractivity contribution in [2.24, 2.45) is 0 Å². The van der Waals surface area contributed by atoms with E-state index in [1.165, 1.54) is 18.2 Å². The summed E-state index contributed by atoms with van der Waals surface area (Å²) in [6.07, 6.45) is -19.6. The maximum absolute atomic E-state index is 14.1. The average Bonchev–Trinajstić information content (AvgIpc) is 3.93. The molecule has 0 saturated carbocycles.